The highest BCUT2D eigenvalue weighted by molar-refractivity contribution is 6.05. The maximum Gasteiger partial charge on any atom is 0.236 e. The van der Waals surface area contributed by atoms with Gasteiger partial charge in [0, 0.05) is 18.9 Å². The van der Waals surface area contributed by atoms with Crippen LogP contribution in [-0.2, 0) is 14.9 Å². The van der Waals surface area contributed by atoms with Crippen molar-refractivity contribution in [3.8, 4) is 0 Å². The van der Waals surface area contributed by atoms with Gasteiger partial charge in [0.2, 0.25) is 5.91 Å². The van der Waals surface area contributed by atoms with Gasteiger partial charge in [-0.15, -0.1) is 0 Å². The van der Waals surface area contributed by atoms with Gasteiger partial charge in [0.15, 0.2) is 0 Å². The third-order valence-corrected chi connectivity index (χ3v) is 3.52. The van der Waals surface area contributed by atoms with Crippen molar-refractivity contribution >= 4 is 11.6 Å². The van der Waals surface area contributed by atoms with Gasteiger partial charge < -0.3 is 10.1 Å². The summed E-state index contributed by atoms with van der Waals surface area (Å²) in [5, 5.41) is 2.93. The van der Waals surface area contributed by atoms with E-state index in [1.807, 2.05) is 19.1 Å². The molecule has 1 fully saturated rings. The second-order valence-corrected chi connectivity index (χ2v) is 4.50. The van der Waals surface area contributed by atoms with Crippen LogP contribution in [0, 0.1) is 6.92 Å². The Morgan fingerprint density at radius 3 is 2.88 bits per heavy atom. The second kappa shape index (κ2) is 3.28. The fourth-order valence-corrected chi connectivity index (χ4v) is 2.56. The van der Waals surface area contributed by atoms with Crippen molar-refractivity contribution in [1.82, 2.24) is 4.98 Å². The van der Waals surface area contributed by atoms with Gasteiger partial charge in [0.05, 0.1) is 16.8 Å². The number of aromatic nitrogens is 1. The highest BCUT2D eigenvalue weighted by Crippen LogP contribution is 2.43. The van der Waals surface area contributed by atoms with Crippen LogP contribution in [0.4, 0.5) is 5.69 Å². The largest absolute Gasteiger partial charge is 0.381 e. The maximum absolute atomic E-state index is 12.1. The molecule has 4 heteroatoms. The molecule has 1 aromatic rings. The lowest BCUT2D eigenvalue weighted by Gasteiger charge is -2.30. The van der Waals surface area contributed by atoms with Crippen molar-refractivity contribution < 1.29 is 9.53 Å². The zero-order chi connectivity index (χ0) is 11.2. The molecule has 16 heavy (non-hydrogen) atoms. The smallest absolute Gasteiger partial charge is 0.236 e. The number of pyridine rings is 1. The summed E-state index contributed by atoms with van der Waals surface area (Å²) in [6.07, 6.45) is 1.48. The van der Waals surface area contributed by atoms with Crippen molar-refractivity contribution in [2.24, 2.45) is 0 Å². The molecule has 1 amide bonds. The Kier molecular flexibility index (Phi) is 2.01. The van der Waals surface area contributed by atoms with Gasteiger partial charge in [0.25, 0.3) is 0 Å². The second-order valence-electron chi connectivity index (χ2n) is 4.50. The van der Waals surface area contributed by atoms with Gasteiger partial charge in [-0.25, -0.2) is 0 Å². The van der Waals surface area contributed by atoms with Gasteiger partial charge in [-0.3, -0.25) is 9.78 Å². The Bertz CT molecular complexity index is 450. The van der Waals surface area contributed by atoms with E-state index in [1.165, 1.54) is 0 Å². The van der Waals surface area contributed by atoms with Crippen LogP contribution in [0.15, 0.2) is 12.1 Å². The fourth-order valence-electron chi connectivity index (χ4n) is 2.56. The number of amides is 1. The summed E-state index contributed by atoms with van der Waals surface area (Å²) in [6.45, 7) is 3.24. The van der Waals surface area contributed by atoms with Gasteiger partial charge in [-0.1, -0.05) is 0 Å². The zero-order valence-electron chi connectivity index (χ0n) is 9.25. The van der Waals surface area contributed by atoms with Crippen LogP contribution in [0.2, 0.25) is 0 Å². The average molecular weight is 218 g/mol. The molecule has 0 unspecified atom stereocenters. The lowest BCUT2D eigenvalue weighted by atomic mass is 9.78. The number of hydrogen-bond acceptors (Lipinski definition) is 3. The summed E-state index contributed by atoms with van der Waals surface area (Å²) in [5.74, 6) is 0.0869. The molecule has 0 saturated carbocycles. The first kappa shape index (κ1) is 9.78. The van der Waals surface area contributed by atoms with Gasteiger partial charge >= 0.3 is 0 Å². The topological polar surface area (TPSA) is 51.2 Å². The summed E-state index contributed by atoms with van der Waals surface area (Å²) in [4.78, 5) is 16.7. The van der Waals surface area contributed by atoms with Gasteiger partial charge in [0.1, 0.15) is 0 Å². The normalized spacial score (nSPS) is 21.9. The third-order valence-electron chi connectivity index (χ3n) is 3.52. The third kappa shape index (κ3) is 1.19. The van der Waals surface area contributed by atoms with E-state index in [0.29, 0.717) is 13.2 Å². The first-order valence-electron chi connectivity index (χ1n) is 5.60. The molecule has 1 saturated heterocycles. The number of ether oxygens (including phenoxy) is 1. The molecule has 0 atom stereocenters. The molecular weight excluding hydrogens is 204 g/mol. The zero-order valence-corrected chi connectivity index (χ0v) is 9.25. The average Bonchev–Trinajstić information content (AvgIpc) is 2.55. The van der Waals surface area contributed by atoms with Gasteiger partial charge in [-0.05, 0) is 31.9 Å². The first-order chi connectivity index (χ1) is 7.72. The quantitative estimate of drug-likeness (QED) is 0.716. The number of nitrogens with zero attached hydrogens (tertiary/aromatic N) is 1. The molecule has 84 valence electrons. The molecule has 3 heterocycles. The molecule has 3 rings (SSSR count). The standard InChI is InChI=1S/C12H14N2O2/c1-8-2-3-9-10(13-8)12(11(15)14-9)4-6-16-7-5-12/h2-3H,4-7H2,1H3,(H,14,15). The molecule has 0 radical (unpaired) electrons. The molecule has 2 aliphatic rings. The van der Waals surface area contributed by atoms with Crippen LogP contribution in [0.1, 0.15) is 24.2 Å². The van der Waals surface area contributed by atoms with E-state index >= 15 is 0 Å². The number of fused-ring (bicyclic) bond motifs is 2. The van der Waals surface area contributed by atoms with Crippen LogP contribution < -0.4 is 5.32 Å². The van der Waals surface area contributed by atoms with Crippen molar-refractivity contribution in [3.63, 3.8) is 0 Å². The summed E-state index contributed by atoms with van der Waals surface area (Å²) in [5.41, 5.74) is 2.32. The molecule has 2 aliphatic heterocycles. The summed E-state index contributed by atoms with van der Waals surface area (Å²) in [6, 6.07) is 3.87. The minimum Gasteiger partial charge on any atom is -0.381 e. The lowest BCUT2D eigenvalue weighted by Crippen LogP contribution is -2.40. The number of aryl methyl sites for hydroxylation is 1. The Morgan fingerprint density at radius 1 is 1.38 bits per heavy atom. The Morgan fingerprint density at radius 2 is 2.12 bits per heavy atom. The number of nitrogens with one attached hydrogen (secondary N) is 1. The fraction of sp³-hybridized carbons (Fsp3) is 0.500. The number of rotatable bonds is 0. The highest BCUT2D eigenvalue weighted by Gasteiger charge is 2.48. The molecule has 4 nitrogen and oxygen atoms in total. The van der Waals surface area contributed by atoms with E-state index in [0.717, 1.165) is 29.9 Å². The van der Waals surface area contributed by atoms with Crippen molar-refractivity contribution in [1.29, 1.82) is 0 Å². The van der Waals surface area contributed by atoms with Crippen molar-refractivity contribution in [2.45, 2.75) is 25.2 Å². The SMILES string of the molecule is Cc1ccc2c(n1)C1(CCOCC1)C(=O)N2. The minimum atomic E-state index is -0.431. The van der Waals surface area contributed by atoms with Crippen LogP contribution in [-0.4, -0.2) is 24.1 Å². The predicted octanol–water partition coefficient (Wildman–Crippen LogP) is 1.39. The van der Waals surface area contributed by atoms with E-state index in [1.54, 1.807) is 0 Å². The molecule has 1 spiro atoms. The Balaban J connectivity index is 2.13. The predicted molar refractivity (Wildman–Crippen MR) is 59.3 cm³/mol. The van der Waals surface area contributed by atoms with E-state index in [-0.39, 0.29) is 5.91 Å². The minimum absolute atomic E-state index is 0.0869. The van der Waals surface area contributed by atoms with Crippen molar-refractivity contribution in [2.75, 3.05) is 18.5 Å². The summed E-state index contributed by atoms with van der Waals surface area (Å²) >= 11 is 0. The van der Waals surface area contributed by atoms with E-state index in [9.17, 15) is 4.79 Å². The number of anilines is 1. The van der Waals surface area contributed by atoms with Crippen LogP contribution in [0.5, 0.6) is 0 Å². The maximum atomic E-state index is 12.1. The number of hydrogen-bond donors (Lipinski definition) is 1. The van der Waals surface area contributed by atoms with Gasteiger partial charge in [-0.2, -0.15) is 0 Å². The molecule has 1 N–H and O–H groups in total. The molecule has 0 aliphatic carbocycles. The lowest BCUT2D eigenvalue weighted by molar-refractivity contribution is -0.124. The number of carbonyl (C=O) groups excluding carboxylic acids is 1. The summed E-state index contributed by atoms with van der Waals surface area (Å²) in [7, 11) is 0. The highest BCUT2D eigenvalue weighted by atomic mass is 16.5. The Hall–Kier alpha value is -1.42. The molecule has 1 aromatic heterocycles. The molecular formula is C12H14N2O2. The van der Waals surface area contributed by atoms with Crippen LogP contribution >= 0.6 is 0 Å². The van der Waals surface area contributed by atoms with Crippen LogP contribution in [0.25, 0.3) is 0 Å². The number of carbonyl (C=O) groups is 1. The van der Waals surface area contributed by atoms with E-state index < -0.39 is 5.41 Å². The van der Waals surface area contributed by atoms with E-state index in [2.05, 4.69) is 10.3 Å². The first-order valence-corrected chi connectivity index (χ1v) is 5.60. The Labute approximate surface area is 94.0 Å². The molecule has 0 bridgehead atoms. The van der Waals surface area contributed by atoms with Crippen molar-refractivity contribution in [3.05, 3.63) is 23.5 Å². The monoisotopic (exact) mass is 218 g/mol. The molecule has 0 aromatic carbocycles. The van der Waals surface area contributed by atoms with Crippen LogP contribution in [0.3, 0.4) is 0 Å². The summed E-state index contributed by atoms with van der Waals surface area (Å²) < 4.78 is 5.34. The van der Waals surface area contributed by atoms with E-state index in [4.69, 9.17) is 4.74 Å².